The molecule has 1 fully saturated rings. The Morgan fingerprint density at radius 3 is 2.67 bits per heavy atom. The Hall–Kier alpha value is -0.200. The largest absolute Gasteiger partial charge is 0.396 e. The van der Waals surface area contributed by atoms with Crippen molar-refractivity contribution in [3.05, 3.63) is 0 Å². The minimum atomic E-state index is -1.41. The second kappa shape index (κ2) is 3.68. The van der Waals surface area contributed by atoms with E-state index >= 15 is 0 Å². The van der Waals surface area contributed by atoms with Crippen molar-refractivity contribution in [2.24, 2.45) is 0 Å². The maximum atomic E-state index is 9.66. The third-order valence-corrected chi connectivity index (χ3v) is 2.14. The van der Waals surface area contributed by atoms with Crippen LogP contribution in [-0.2, 0) is 4.74 Å². The van der Waals surface area contributed by atoms with Gasteiger partial charge in [-0.15, -0.1) is 0 Å². The van der Waals surface area contributed by atoms with Gasteiger partial charge in [-0.3, -0.25) is 0 Å². The number of ether oxygens (including phenoxy) is 1. The van der Waals surface area contributed by atoms with Gasteiger partial charge in [0.2, 0.25) is 0 Å². The molecule has 1 aliphatic rings. The molecule has 0 aromatic rings. The van der Waals surface area contributed by atoms with Crippen molar-refractivity contribution in [1.29, 1.82) is 0 Å². The third-order valence-electron chi connectivity index (χ3n) is 2.14. The summed E-state index contributed by atoms with van der Waals surface area (Å²) in [6.45, 7) is -0.321. The van der Waals surface area contributed by atoms with Crippen molar-refractivity contribution in [2.45, 2.75) is 30.8 Å². The fraction of sp³-hybridized carbons (Fsp3) is 1.00. The molecule has 3 atom stereocenters. The molecule has 5 heteroatoms. The molecule has 3 unspecified atom stereocenters. The van der Waals surface area contributed by atoms with Crippen LogP contribution in [0.4, 0.5) is 0 Å². The highest BCUT2D eigenvalue weighted by atomic mass is 16.6. The predicted octanol–water partition coefficient (Wildman–Crippen LogP) is -1.80. The van der Waals surface area contributed by atoms with Crippen molar-refractivity contribution < 1.29 is 25.2 Å². The van der Waals surface area contributed by atoms with E-state index in [1.54, 1.807) is 0 Å². The van der Waals surface area contributed by atoms with Gasteiger partial charge in [-0.25, -0.2) is 0 Å². The van der Waals surface area contributed by atoms with E-state index in [9.17, 15) is 10.2 Å². The quantitative estimate of drug-likeness (QED) is 0.400. The summed E-state index contributed by atoms with van der Waals surface area (Å²) >= 11 is 0. The zero-order valence-corrected chi connectivity index (χ0v) is 6.68. The fourth-order valence-corrected chi connectivity index (χ4v) is 1.32. The van der Waals surface area contributed by atoms with Gasteiger partial charge >= 0.3 is 0 Å². The molecule has 1 heterocycles. The van der Waals surface area contributed by atoms with Crippen LogP contribution in [0.3, 0.4) is 0 Å². The highest BCUT2D eigenvalue weighted by Crippen LogP contribution is 2.26. The Morgan fingerprint density at radius 1 is 1.42 bits per heavy atom. The van der Waals surface area contributed by atoms with E-state index in [2.05, 4.69) is 0 Å². The fourth-order valence-electron chi connectivity index (χ4n) is 1.32. The molecule has 0 radical (unpaired) electrons. The van der Waals surface area contributed by atoms with E-state index in [0.717, 1.165) is 0 Å². The number of aliphatic hydroxyl groups is 4. The first-order valence-corrected chi connectivity index (χ1v) is 3.89. The van der Waals surface area contributed by atoms with Crippen LogP contribution >= 0.6 is 0 Å². The molecule has 1 rings (SSSR count). The summed E-state index contributed by atoms with van der Waals surface area (Å²) in [4.78, 5) is 0. The Bertz CT molecular complexity index is 151. The van der Waals surface area contributed by atoms with Crippen LogP contribution in [0.5, 0.6) is 0 Å². The molecule has 0 aromatic heterocycles. The molecule has 0 aliphatic carbocycles. The number of rotatable bonds is 2. The van der Waals surface area contributed by atoms with Gasteiger partial charge < -0.3 is 25.2 Å². The summed E-state index contributed by atoms with van der Waals surface area (Å²) in [6, 6.07) is 0. The predicted molar refractivity (Wildman–Crippen MR) is 39.2 cm³/mol. The summed E-state index contributed by atoms with van der Waals surface area (Å²) in [7, 11) is 0. The van der Waals surface area contributed by atoms with Crippen LogP contribution in [0.2, 0.25) is 0 Å². The first-order chi connectivity index (χ1) is 5.58. The highest BCUT2D eigenvalue weighted by Gasteiger charge is 2.41. The van der Waals surface area contributed by atoms with Crippen molar-refractivity contribution >= 4 is 0 Å². The lowest BCUT2D eigenvalue weighted by Gasteiger charge is -2.38. The van der Waals surface area contributed by atoms with Gasteiger partial charge in [-0.1, -0.05) is 0 Å². The van der Waals surface area contributed by atoms with Crippen LogP contribution in [-0.4, -0.2) is 51.6 Å². The van der Waals surface area contributed by atoms with E-state index in [1.807, 2.05) is 0 Å². The standard InChI is InChI=1S/C7H14O5/c8-2-1-7(11)3-6(10)12-4-5(7)9/h5-6,8-11H,1-4H2. The zero-order chi connectivity index (χ0) is 9.19. The van der Waals surface area contributed by atoms with Crippen molar-refractivity contribution in [3.63, 3.8) is 0 Å². The summed E-state index contributed by atoms with van der Waals surface area (Å²) < 4.78 is 4.70. The molecule has 0 bridgehead atoms. The van der Waals surface area contributed by atoms with Gasteiger partial charge in [0.15, 0.2) is 6.29 Å². The van der Waals surface area contributed by atoms with E-state index in [0.29, 0.717) is 0 Å². The average molecular weight is 178 g/mol. The average Bonchev–Trinajstić information content (AvgIpc) is 1.98. The normalized spacial score (nSPS) is 43.0. The lowest BCUT2D eigenvalue weighted by atomic mass is 9.88. The van der Waals surface area contributed by atoms with Crippen molar-refractivity contribution in [1.82, 2.24) is 0 Å². The van der Waals surface area contributed by atoms with Crippen LogP contribution < -0.4 is 0 Å². The summed E-state index contributed by atoms with van der Waals surface area (Å²) in [5, 5.41) is 36.5. The van der Waals surface area contributed by atoms with Gasteiger partial charge in [0.05, 0.1) is 12.2 Å². The molecule has 0 aromatic carbocycles. The van der Waals surface area contributed by atoms with E-state index in [-0.39, 0.29) is 26.1 Å². The third kappa shape index (κ3) is 1.94. The van der Waals surface area contributed by atoms with Gasteiger partial charge in [-0.2, -0.15) is 0 Å². The highest BCUT2D eigenvalue weighted by molar-refractivity contribution is 4.89. The molecule has 4 N–H and O–H groups in total. The second-order valence-corrected chi connectivity index (χ2v) is 3.09. The molecule has 12 heavy (non-hydrogen) atoms. The van der Waals surface area contributed by atoms with Crippen LogP contribution in [0, 0.1) is 0 Å². The Balaban J connectivity index is 2.57. The lowest BCUT2D eigenvalue weighted by Crippen LogP contribution is -2.52. The molecule has 0 amide bonds. The van der Waals surface area contributed by atoms with Crippen molar-refractivity contribution in [2.75, 3.05) is 13.2 Å². The summed E-state index contributed by atoms with van der Waals surface area (Å²) in [5.74, 6) is 0. The van der Waals surface area contributed by atoms with Crippen molar-refractivity contribution in [3.8, 4) is 0 Å². The number of hydrogen-bond acceptors (Lipinski definition) is 5. The second-order valence-electron chi connectivity index (χ2n) is 3.09. The SMILES string of the molecule is OCCC1(O)CC(O)OCC1O. The summed E-state index contributed by atoms with van der Waals surface area (Å²) in [5.41, 5.74) is -1.41. The summed E-state index contributed by atoms with van der Waals surface area (Å²) in [6.07, 6.45) is -2.10. The first kappa shape index (κ1) is 9.88. The van der Waals surface area contributed by atoms with Gasteiger partial charge in [0, 0.05) is 19.4 Å². The van der Waals surface area contributed by atoms with Gasteiger partial charge in [0.25, 0.3) is 0 Å². The molecule has 72 valence electrons. The molecule has 0 saturated carbocycles. The molecule has 0 spiro atoms. The maximum Gasteiger partial charge on any atom is 0.157 e. The molecule has 5 nitrogen and oxygen atoms in total. The Kier molecular flexibility index (Phi) is 3.03. The minimum Gasteiger partial charge on any atom is -0.396 e. The molecule has 1 aliphatic heterocycles. The van der Waals surface area contributed by atoms with E-state index in [1.165, 1.54) is 0 Å². The van der Waals surface area contributed by atoms with E-state index in [4.69, 9.17) is 14.9 Å². The molecular formula is C7H14O5. The molecule has 1 saturated heterocycles. The monoisotopic (exact) mass is 178 g/mol. The molecular weight excluding hydrogens is 164 g/mol. The smallest absolute Gasteiger partial charge is 0.157 e. The van der Waals surface area contributed by atoms with Crippen LogP contribution in [0.1, 0.15) is 12.8 Å². The van der Waals surface area contributed by atoms with E-state index < -0.39 is 18.0 Å². The van der Waals surface area contributed by atoms with Gasteiger partial charge in [-0.05, 0) is 0 Å². The van der Waals surface area contributed by atoms with Gasteiger partial charge in [0.1, 0.15) is 6.10 Å². The topological polar surface area (TPSA) is 90.2 Å². The Morgan fingerprint density at radius 2 is 2.08 bits per heavy atom. The first-order valence-electron chi connectivity index (χ1n) is 3.89. The van der Waals surface area contributed by atoms with Crippen LogP contribution in [0.15, 0.2) is 0 Å². The lowest BCUT2D eigenvalue weighted by molar-refractivity contribution is -0.236. The zero-order valence-electron chi connectivity index (χ0n) is 6.68. The Labute approximate surface area is 70.2 Å². The minimum absolute atomic E-state index is 0.0502. The van der Waals surface area contributed by atoms with Crippen LogP contribution in [0.25, 0.3) is 0 Å². The number of aliphatic hydroxyl groups excluding tert-OH is 3. The number of hydrogen-bond donors (Lipinski definition) is 4. The maximum absolute atomic E-state index is 9.66.